The minimum atomic E-state index is -4.72. The Morgan fingerprint density at radius 1 is 0.569 bits per heavy atom. The Morgan fingerprint density at radius 2 is 0.948 bits per heavy atom. The Balaban J connectivity index is 4.28. The number of aliphatic carboxylic acids is 1. The van der Waals surface area contributed by atoms with Crippen molar-refractivity contribution in [2.24, 2.45) is 5.73 Å². The van der Waals surface area contributed by atoms with Gasteiger partial charge in [-0.1, -0.05) is 173 Å². The van der Waals surface area contributed by atoms with Crippen LogP contribution in [0, 0.1) is 0 Å². The van der Waals surface area contributed by atoms with Crippen LogP contribution in [0.15, 0.2) is 24.8 Å². The van der Waals surface area contributed by atoms with Gasteiger partial charge >= 0.3 is 25.7 Å². The second-order valence-corrected chi connectivity index (χ2v) is 17.4. The van der Waals surface area contributed by atoms with E-state index in [2.05, 4.69) is 30.2 Å². The third-order valence-corrected chi connectivity index (χ3v) is 11.3. The molecular formula is C46H86NO10P. The normalized spacial score (nSPS) is 13.6. The molecule has 11 nitrogen and oxygen atoms in total. The maximum absolute atomic E-state index is 12.7. The van der Waals surface area contributed by atoms with E-state index < -0.39 is 51.1 Å². The Kier molecular flexibility index (Phi) is 40.2. The van der Waals surface area contributed by atoms with Gasteiger partial charge in [0.05, 0.1) is 13.2 Å². The molecule has 0 aromatic rings. The van der Waals surface area contributed by atoms with Gasteiger partial charge in [-0.25, -0.2) is 4.57 Å². The molecule has 0 heterocycles. The number of carboxylic acid groups (broad SMARTS) is 1. The van der Waals surface area contributed by atoms with Gasteiger partial charge in [0.25, 0.3) is 0 Å². The number of allylic oxidation sites excluding steroid dienone is 3. The first kappa shape index (κ1) is 56.0. The number of carboxylic acids is 1. The van der Waals surface area contributed by atoms with E-state index in [1.807, 2.05) is 6.08 Å². The van der Waals surface area contributed by atoms with Gasteiger partial charge in [-0.3, -0.25) is 23.4 Å². The average molecular weight is 844 g/mol. The molecule has 0 fully saturated rings. The van der Waals surface area contributed by atoms with Gasteiger partial charge in [0, 0.05) is 12.8 Å². The summed E-state index contributed by atoms with van der Waals surface area (Å²) in [7, 11) is -4.72. The maximum atomic E-state index is 12.7. The molecule has 0 aliphatic heterocycles. The number of ether oxygens (including phenoxy) is 2. The zero-order chi connectivity index (χ0) is 42.8. The summed E-state index contributed by atoms with van der Waals surface area (Å²) in [4.78, 5) is 46.0. The predicted molar refractivity (Wildman–Crippen MR) is 236 cm³/mol. The first-order chi connectivity index (χ1) is 28.1. The summed E-state index contributed by atoms with van der Waals surface area (Å²) in [6.45, 7) is 4.34. The zero-order valence-electron chi connectivity index (χ0n) is 36.7. The number of carbonyl (C=O) groups is 3. The van der Waals surface area contributed by atoms with Gasteiger partial charge in [0.2, 0.25) is 0 Å². The van der Waals surface area contributed by atoms with E-state index in [9.17, 15) is 23.8 Å². The summed E-state index contributed by atoms with van der Waals surface area (Å²) in [5, 5.41) is 8.90. The number of phosphoric acid groups is 1. The van der Waals surface area contributed by atoms with E-state index in [1.165, 1.54) is 141 Å². The summed E-state index contributed by atoms with van der Waals surface area (Å²) in [5.74, 6) is -2.37. The lowest BCUT2D eigenvalue weighted by Crippen LogP contribution is -2.34. The fraction of sp³-hybridized carbons (Fsp3) is 0.848. The molecule has 0 saturated heterocycles. The SMILES string of the molecule is C=CCCCCCCCCCCCCCCCC(=O)OC[C@H](COP(=O)(O)OC[C@H](N)C(=O)O)OC(=O)CCCCCCCCCCC/C=C/CCCCCCCC. The van der Waals surface area contributed by atoms with Crippen molar-refractivity contribution in [2.75, 3.05) is 19.8 Å². The fourth-order valence-corrected chi connectivity index (χ4v) is 7.41. The van der Waals surface area contributed by atoms with Crippen molar-refractivity contribution in [3.63, 3.8) is 0 Å². The van der Waals surface area contributed by atoms with Gasteiger partial charge in [0.15, 0.2) is 6.10 Å². The molecule has 12 heteroatoms. The number of hydrogen-bond acceptors (Lipinski definition) is 9. The molecule has 3 atom stereocenters. The standard InChI is InChI=1S/C46H86NO10P/c1-3-5-7-9-11-13-15-17-19-20-21-22-24-26-28-30-32-34-36-38-45(49)57-42(40-55-58(52,53)56-41-43(47)46(50)51)39-54-44(48)37-35-33-31-29-27-25-23-18-16-14-12-10-8-6-4-2/h4,17,19,42-43H,2-3,5-16,18,20-41,47H2,1H3,(H,50,51)(H,52,53)/b19-17+/t42-,43+/m1/s1. The minimum absolute atomic E-state index is 0.161. The average Bonchev–Trinajstić information content (AvgIpc) is 3.20. The quantitative estimate of drug-likeness (QED) is 0.0230. The number of nitrogens with two attached hydrogens (primary N) is 1. The highest BCUT2D eigenvalue weighted by Gasteiger charge is 2.28. The highest BCUT2D eigenvalue weighted by Crippen LogP contribution is 2.43. The number of esters is 2. The molecule has 0 aromatic heterocycles. The molecule has 0 bridgehead atoms. The molecular weight excluding hydrogens is 757 g/mol. The van der Waals surface area contributed by atoms with Crippen molar-refractivity contribution >= 4 is 25.7 Å². The van der Waals surface area contributed by atoms with Crippen LogP contribution in [0.2, 0.25) is 0 Å². The predicted octanol–water partition coefficient (Wildman–Crippen LogP) is 12.6. The van der Waals surface area contributed by atoms with Crippen molar-refractivity contribution in [2.45, 2.75) is 231 Å². The Labute approximate surface area is 353 Å². The Bertz CT molecular complexity index is 1070. The second kappa shape index (κ2) is 41.7. The van der Waals surface area contributed by atoms with Crippen LogP contribution in [-0.2, 0) is 37.5 Å². The summed E-state index contributed by atoms with van der Waals surface area (Å²) in [5.41, 5.74) is 5.34. The van der Waals surface area contributed by atoms with Gasteiger partial charge in [-0.2, -0.15) is 0 Å². The largest absolute Gasteiger partial charge is 0.480 e. The fourth-order valence-electron chi connectivity index (χ4n) is 6.63. The van der Waals surface area contributed by atoms with Crippen LogP contribution in [0.1, 0.15) is 219 Å². The van der Waals surface area contributed by atoms with Crippen molar-refractivity contribution < 1.29 is 47.5 Å². The van der Waals surface area contributed by atoms with Crippen molar-refractivity contribution in [1.82, 2.24) is 0 Å². The molecule has 0 aromatic carbocycles. The Morgan fingerprint density at radius 3 is 1.38 bits per heavy atom. The van der Waals surface area contributed by atoms with E-state index in [1.54, 1.807) is 0 Å². The maximum Gasteiger partial charge on any atom is 0.472 e. The summed E-state index contributed by atoms with van der Waals surface area (Å²) in [6, 6.07) is -1.52. The molecule has 4 N–H and O–H groups in total. The third kappa shape index (κ3) is 40.7. The van der Waals surface area contributed by atoms with E-state index in [0.29, 0.717) is 12.8 Å². The molecule has 58 heavy (non-hydrogen) atoms. The number of rotatable bonds is 45. The van der Waals surface area contributed by atoms with Gasteiger partial charge < -0.3 is 25.2 Å². The van der Waals surface area contributed by atoms with E-state index in [4.69, 9.17) is 24.8 Å². The van der Waals surface area contributed by atoms with Crippen molar-refractivity contribution in [3.05, 3.63) is 24.8 Å². The van der Waals surface area contributed by atoms with Gasteiger partial charge in [-0.05, 0) is 51.4 Å². The lowest BCUT2D eigenvalue weighted by atomic mass is 10.0. The molecule has 0 rings (SSSR count). The van der Waals surface area contributed by atoms with Crippen LogP contribution >= 0.6 is 7.82 Å². The molecule has 0 saturated carbocycles. The van der Waals surface area contributed by atoms with Crippen LogP contribution in [0.3, 0.4) is 0 Å². The third-order valence-electron chi connectivity index (χ3n) is 10.3. The van der Waals surface area contributed by atoms with Crippen molar-refractivity contribution in [3.8, 4) is 0 Å². The topological polar surface area (TPSA) is 172 Å². The lowest BCUT2D eigenvalue weighted by molar-refractivity contribution is -0.161. The van der Waals surface area contributed by atoms with Crippen molar-refractivity contribution in [1.29, 1.82) is 0 Å². The molecule has 0 radical (unpaired) electrons. The van der Waals surface area contributed by atoms with Gasteiger partial charge in [0.1, 0.15) is 12.6 Å². The molecule has 0 amide bonds. The molecule has 0 spiro atoms. The monoisotopic (exact) mass is 844 g/mol. The molecule has 340 valence electrons. The molecule has 0 aliphatic rings. The van der Waals surface area contributed by atoms with Crippen LogP contribution < -0.4 is 5.73 Å². The summed E-state index contributed by atoms with van der Waals surface area (Å²) < 4.78 is 32.8. The first-order valence-corrected chi connectivity index (χ1v) is 24.8. The number of unbranched alkanes of at least 4 members (excludes halogenated alkanes) is 28. The second-order valence-electron chi connectivity index (χ2n) is 16.0. The van der Waals surface area contributed by atoms with Gasteiger partial charge in [-0.15, -0.1) is 6.58 Å². The van der Waals surface area contributed by atoms with Crippen LogP contribution in [0.5, 0.6) is 0 Å². The first-order valence-electron chi connectivity index (χ1n) is 23.3. The number of carbonyl (C=O) groups excluding carboxylic acids is 2. The van der Waals surface area contributed by atoms with E-state index in [0.717, 1.165) is 44.9 Å². The smallest absolute Gasteiger partial charge is 0.472 e. The zero-order valence-corrected chi connectivity index (χ0v) is 37.6. The summed E-state index contributed by atoms with van der Waals surface area (Å²) in [6.07, 6.45) is 42.7. The van der Waals surface area contributed by atoms with Crippen LogP contribution in [0.4, 0.5) is 0 Å². The Hall–Kier alpha value is -2.04. The molecule has 0 aliphatic carbocycles. The highest BCUT2D eigenvalue weighted by atomic mass is 31.2. The number of hydrogen-bond donors (Lipinski definition) is 3. The lowest BCUT2D eigenvalue weighted by Gasteiger charge is -2.20. The number of phosphoric ester groups is 1. The highest BCUT2D eigenvalue weighted by molar-refractivity contribution is 7.47. The summed E-state index contributed by atoms with van der Waals surface area (Å²) >= 11 is 0. The van der Waals surface area contributed by atoms with Crippen LogP contribution in [0.25, 0.3) is 0 Å². The van der Waals surface area contributed by atoms with E-state index in [-0.39, 0.29) is 19.4 Å². The van der Waals surface area contributed by atoms with Crippen LogP contribution in [-0.4, -0.2) is 59.9 Å². The van der Waals surface area contributed by atoms with E-state index >= 15 is 0 Å². The molecule has 1 unspecified atom stereocenters. The minimum Gasteiger partial charge on any atom is -0.480 e.